The summed E-state index contributed by atoms with van der Waals surface area (Å²) < 4.78 is 117. The molecule has 16 atom stereocenters. The number of ether oxygens (including phenoxy) is 20. The summed E-state index contributed by atoms with van der Waals surface area (Å²) in [7, 11) is 0. The van der Waals surface area contributed by atoms with Gasteiger partial charge >= 0.3 is 71.6 Å². The second kappa shape index (κ2) is 38.8. The van der Waals surface area contributed by atoms with Crippen LogP contribution in [0.3, 0.4) is 0 Å². The van der Waals surface area contributed by atoms with Crippen LogP contribution in [0, 0.1) is 0 Å². The van der Waals surface area contributed by atoms with Gasteiger partial charge in [0.1, 0.15) is 23.0 Å². The fourth-order valence-corrected chi connectivity index (χ4v) is 15.6. The van der Waals surface area contributed by atoms with Gasteiger partial charge in [0.15, 0.2) is 48.8 Å². The lowest BCUT2D eigenvalue weighted by molar-refractivity contribution is -0.259. The van der Waals surface area contributed by atoms with Gasteiger partial charge in [0.25, 0.3) is 0 Å². The highest BCUT2D eigenvalue weighted by Crippen LogP contribution is 2.42. The molecule has 124 heavy (non-hydrogen) atoms. The molecule has 7 aromatic rings. The number of aromatic nitrogens is 4. The Labute approximate surface area is 708 Å². The molecule has 6 aliphatic rings. The summed E-state index contributed by atoms with van der Waals surface area (Å²) in [6.07, 6.45) is -19.8. The van der Waals surface area contributed by atoms with Gasteiger partial charge < -0.3 is 105 Å². The van der Waals surface area contributed by atoms with Gasteiger partial charge in [-0.25, -0.2) is 0 Å². The van der Waals surface area contributed by atoms with Crippen molar-refractivity contribution in [3.63, 3.8) is 0 Å². The van der Waals surface area contributed by atoms with Gasteiger partial charge in [-0.2, -0.15) is 0 Å². The summed E-state index contributed by atoms with van der Waals surface area (Å²) in [5.41, 5.74) is 9.83. The summed E-state index contributed by atoms with van der Waals surface area (Å²) in [6, 6.07) is 35.4. The Kier molecular flexibility index (Phi) is 27.7. The van der Waals surface area contributed by atoms with E-state index in [9.17, 15) is 57.5 Å². The molecule has 13 rings (SSSR count). The number of esters is 12. The van der Waals surface area contributed by atoms with Crippen molar-refractivity contribution in [2.24, 2.45) is 0 Å². The number of carbonyl (C=O) groups is 12. The molecule has 8 bridgehead atoms. The first kappa shape index (κ1) is 88.5. The lowest BCUT2D eigenvalue weighted by Gasteiger charge is -2.40. The second-order valence-electron chi connectivity index (χ2n) is 29.6. The molecule has 9 heterocycles. The van der Waals surface area contributed by atoms with E-state index < -0.39 is 170 Å². The van der Waals surface area contributed by atoms with Crippen molar-refractivity contribution in [3.8, 4) is 67.5 Å². The minimum absolute atomic E-state index is 0.219. The van der Waals surface area contributed by atoms with Crippen molar-refractivity contribution in [1.29, 1.82) is 0 Å². The van der Waals surface area contributed by atoms with Crippen LogP contribution in [-0.2, 0) is 159 Å². The molecule has 654 valence electrons. The number of benzene rings is 4. The molecule has 4 fully saturated rings. The highest BCUT2D eigenvalue weighted by Gasteiger charge is 2.53. The maximum atomic E-state index is 12.7. The van der Waals surface area contributed by atoms with Crippen LogP contribution in [-0.4, -0.2) is 216 Å². The van der Waals surface area contributed by atoms with Crippen LogP contribution >= 0.6 is 0 Å². The Bertz CT molecular complexity index is 4740. The van der Waals surface area contributed by atoms with E-state index in [0.717, 1.165) is 55.4 Å². The topological polar surface area (TPSA) is 447 Å². The third-order valence-electron chi connectivity index (χ3n) is 20.1. The molecule has 36 nitrogen and oxygen atoms in total. The van der Waals surface area contributed by atoms with Gasteiger partial charge in [0, 0.05) is 127 Å². The predicted octanol–water partition coefficient (Wildman–Crippen LogP) is 8.67. The van der Waals surface area contributed by atoms with E-state index in [1.54, 1.807) is 97.1 Å². The van der Waals surface area contributed by atoms with Crippen LogP contribution in [0.5, 0.6) is 23.0 Å². The number of nitrogens with one attached hydrogen (secondary N) is 2. The van der Waals surface area contributed by atoms with E-state index in [1.165, 1.54) is 27.7 Å². The maximum Gasteiger partial charge on any atom is 0.303 e. The first-order valence-corrected chi connectivity index (χ1v) is 39.6. The zero-order valence-electron chi connectivity index (χ0n) is 69.4. The van der Waals surface area contributed by atoms with E-state index in [-0.39, 0.29) is 49.4 Å². The summed E-state index contributed by atoms with van der Waals surface area (Å²) in [5, 5.41) is 0. The standard InChI is InChI=1S/C88H90N4O32/c1-41(93)109-69-37-105-85(81(117-49(9)101)77(69)113-45(5)97)121-57-21-13-53(14-22-57)73-61-29-31-63(89-61)74(54-15-23-58(24-16-54)122-86-82(118-50(10)102)78(114-46(6)98)70(38-106-86)110-42(2)94)65-33-35-67(91-65)76(56-19-27-60(28-20-56)124-88-84(120-52(12)104)80(116-48(8)100)72(40-108-88)112-44(4)96)68-36-34-66(92-68)75(64-32-30-62(73)90-64)55-17-25-59(26-18-55)123-87-83(119-51(11)103)79(115-47(7)99)71(39-107-87)111-43(3)95/h13-29,31,34,36,69-72,77-89,92H,30,32-33,35,37-40H2,1-12H3/t69-,70-,71-,72-,77+,78+,79+,80+,81-,82-,83-,84-,85+,86+,87+,88+/m1/s1. The molecule has 4 saturated heterocycles. The zero-order chi connectivity index (χ0) is 88.5. The molecule has 0 radical (unpaired) electrons. The molecule has 0 spiro atoms. The monoisotopic (exact) mass is 1710 g/mol. The van der Waals surface area contributed by atoms with Gasteiger partial charge in [0.2, 0.25) is 49.6 Å². The number of nitrogens with zero attached hydrogens (tertiary/aromatic N) is 2. The molecule has 2 N–H and O–H groups in total. The van der Waals surface area contributed by atoms with Crippen LogP contribution < -0.4 is 18.9 Å². The number of fused-ring (bicyclic) bond motifs is 8. The number of aromatic amines is 2. The molecule has 4 aromatic carbocycles. The highest BCUT2D eigenvalue weighted by atomic mass is 16.8. The second-order valence-corrected chi connectivity index (χ2v) is 29.6. The molecular weight excluding hydrogens is 1620 g/mol. The summed E-state index contributed by atoms with van der Waals surface area (Å²) >= 11 is 0. The molecule has 0 aliphatic carbocycles. The van der Waals surface area contributed by atoms with Crippen molar-refractivity contribution in [2.45, 2.75) is 207 Å². The number of carbonyl (C=O) groups excluding carboxylic acids is 12. The van der Waals surface area contributed by atoms with Crippen molar-refractivity contribution >= 4 is 93.7 Å². The molecule has 0 unspecified atom stereocenters. The van der Waals surface area contributed by atoms with Crippen molar-refractivity contribution in [2.75, 3.05) is 26.4 Å². The average Bonchev–Trinajstić information content (AvgIpc) is 1.62. The van der Waals surface area contributed by atoms with Gasteiger partial charge in [-0.3, -0.25) is 67.5 Å². The Hall–Kier alpha value is -13.3. The minimum Gasteiger partial charge on any atom is -0.461 e. The van der Waals surface area contributed by atoms with Crippen LogP contribution in [0.2, 0.25) is 0 Å². The van der Waals surface area contributed by atoms with Crippen LogP contribution in [0.4, 0.5) is 0 Å². The van der Waals surface area contributed by atoms with Crippen molar-refractivity contribution in [1.82, 2.24) is 19.9 Å². The molecule has 0 saturated carbocycles. The van der Waals surface area contributed by atoms with Crippen LogP contribution in [0.1, 0.15) is 106 Å². The van der Waals surface area contributed by atoms with Gasteiger partial charge in [-0.1, -0.05) is 48.5 Å². The van der Waals surface area contributed by atoms with E-state index in [2.05, 4.69) is 9.97 Å². The summed E-state index contributed by atoms with van der Waals surface area (Å²) in [6.45, 7) is 12.7. The van der Waals surface area contributed by atoms with E-state index in [0.29, 0.717) is 115 Å². The third kappa shape index (κ3) is 21.4. The van der Waals surface area contributed by atoms with E-state index in [1.807, 2.05) is 24.3 Å². The van der Waals surface area contributed by atoms with Gasteiger partial charge in [-0.05, 0) is 121 Å². The van der Waals surface area contributed by atoms with Crippen LogP contribution in [0.25, 0.3) is 66.6 Å². The Morgan fingerprint density at radius 3 is 0.581 bits per heavy atom. The van der Waals surface area contributed by atoms with Gasteiger partial charge in [-0.15, -0.1) is 0 Å². The molecule has 6 aliphatic heterocycles. The Morgan fingerprint density at radius 2 is 0.411 bits per heavy atom. The number of H-pyrrole nitrogens is 2. The number of hydrogen-bond acceptors (Lipinski definition) is 34. The smallest absolute Gasteiger partial charge is 0.303 e. The van der Waals surface area contributed by atoms with E-state index >= 15 is 0 Å². The normalized spacial score (nSPS) is 24.0. The van der Waals surface area contributed by atoms with Gasteiger partial charge in [0.05, 0.1) is 49.2 Å². The first-order valence-electron chi connectivity index (χ1n) is 39.6. The number of aryl methyl sites for hydroxylation is 4. The van der Waals surface area contributed by atoms with Crippen molar-refractivity contribution in [3.05, 3.63) is 144 Å². The number of rotatable bonds is 24. The van der Waals surface area contributed by atoms with E-state index in [4.69, 9.17) is 105 Å². The zero-order valence-corrected chi connectivity index (χ0v) is 69.4. The molecule has 0 amide bonds. The average molecular weight is 1720 g/mol. The lowest BCUT2D eigenvalue weighted by Crippen LogP contribution is -2.59. The van der Waals surface area contributed by atoms with Crippen LogP contribution in [0.15, 0.2) is 121 Å². The molecule has 3 aromatic heterocycles. The molecular formula is C88H90N4O32. The predicted molar refractivity (Wildman–Crippen MR) is 426 cm³/mol. The lowest BCUT2D eigenvalue weighted by atomic mass is 10.0. The van der Waals surface area contributed by atoms with Crippen molar-refractivity contribution < 1.29 is 152 Å². The Morgan fingerprint density at radius 1 is 0.242 bits per heavy atom. The summed E-state index contributed by atoms with van der Waals surface area (Å²) in [5.74, 6) is -8.04. The SMILES string of the molecule is CC(=O)O[C@@H]1[C@@H](OC(C)=O)[C@H](Oc2ccc(-c3c4nc(c(-c5ccc(O[C@@H]6OC[C@@H](OC(C)=O)[C@H](OC(C)=O)[C@H]6OC(C)=O)cc5)c5ccc([nH]5)c(-c5ccc(O[C@@H]6OC[C@@H](OC(C)=O)[C@H](OC(C)=O)[C@H]6OC(C)=O)cc5)c5nc(c(-c6ccc(O[C@@H]7OC[C@@H](OC(C)=O)[C@H](OC(C)=O)[C@H]7OC(C)=O)cc6)c6ccc3[nH]6)CC5)CC4)cc2)OC[C@H]1OC(C)=O. The fourth-order valence-electron chi connectivity index (χ4n) is 15.6. The number of hydrogen-bond donors (Lipinski definition) is 2. The first-order chi connectivity index (χ1) is 59.3. The fraction of sp³-hybridized carbons (Fsp3) is 0.409. The Balaban J connectivity index is 0.980. The largest absolute Gasteiger partial charge is 0.461 e. The minimum atomic E-state index is -1.41. The maximum absolute atomic E-state index is 12.7. The molecule has 36 heteroatoms. The summed E-state index contributed by atoms with van der Waals surface area (Å²) in [4.78, 5) is 169. The third-order valence-corrected chi connectivity index (χ3v) is 20.1. The quantitative estimate of drug-likeness (QED) is 0.0422. The highest BCUT2D eigenvalue weighted by molar-refractivity contribution is 5.93.